The first-order chi connectivity index (χ1) is 10.9. The first kappa shape index (κ1) is 17.6. The molecule has 1 aliphatic rings. The van der Waals surface area contributed by atoms with Crippen molar-refractivity contribution in [2.24, 2.45) is 0 Å². The number of nitrogens with one attached hydrogen (secondary N) is 1. The molecule has 0 saturated carbocycles. The quantitative estimate of drug-likeness (QED) is 0.872. The van der Waals surface area contributed by atoms with Crippen LogP contribution in [0.4, 0.5) is 5.69 Å². The van der Waals surface area contributed by atoms with Gasteiger partial charge in [0.2, 0.25) is 5.91 Å². The molecular weight excluding hydrogens is 290 g/mol. The number of methoxy groups -OCH3 is 1. The van der Waals surface area contributed by atoms with Gasteiger partial charge in [0, 0.05) is 37.4 Å². The van der Waals surface area contributed by atoms with Crippen LogP contribution in [0.3, 0.4) is 0 Å². The lowest BCUT2D eigenvalue weighted by Crippen LogP contribution is -2.52. The van der Waals surface area contributed by atoms with Crippen molar-refractivity contribution in [3.8, 4) is 5.75 Å². The van der Waals surface area contributed by atoms with Crippen molar-refractivity contribution in [3.05, 3.63) is 24.3 Å². The largest absolute Gasteiger partial charge is 0.497 e. The highest BCUT2D eigenvalue weighted by atomic mass is 16.5. The van der Waals surface area contributed by atoms with E-state index in [0.29, 0.717) is 6.54 Å². The molecular formula is C18H29N3O2. The van der Waals surface area contributed by atoms with Crippen LogP contribution in [0.2, 0.25) is 0 Å². The molecule has 1 fully saturated rings. The minimum Gasteiger partial charge on any atom is -0.497 e. The Balaban J connectivity index is 1.80. The second-order valence-corrected chi connectivity index (χ2v) is 6.75. The van der Waals surface area contributed by atoms with E-state index in [1.807, 2.05) is 12.1 Å². The molecule has 0 unspecified atom stereocenters. The Bertz CT molecular complexity index is 506. The fourth-order valence-corrected chi connectivity index (χ4v) is 2.67. The topological polar surface area (TPSA) is 44.8 Å². The van der Waals surface area contributed by atoms with Crippen molar-refractivity contribution in [1.29, 1.82) is 0 Å². The lowest BCUT2D eigenvalue weighted by atomic mass is 10.0. The summed E-state index contributed by atoms with van der Waals surface area (Å²) in [6, 6.07) is 8.15. The molecule has 0 spiro atoms. The smallest absolute Gasteiger partial charge is 0.234 e. The Kier molecular flexibility index (Phi) is 5.88. The van der Waals surface area contributed by atoms with E-state index >= 15 is 0 Å². The van der Waals surface area contributed by atoms with E-state index in [-0.39, 0.29) is 11.4 Å². The van der Waals surface area contributed by atoms with E-state index < -0.39 is 0 Å². The van der Waals surface area contributed by atoms with Crippen LogP contribution >= 0.6 is 0 Å². The molecule has 1 aliphatic heterocycles. The Hall–Kier alpha value is -1.75. The summed E-state index contributed by atoms with van der Waals surface area (Å²) in [7, 11) is 1.68. The van der Waals surface area contributed by atoms with Crippen LogP contribution in [0.5, 0.6) is 5.75 Å². The fraction of sp³-hybridized carbons (Fsp3) is 0.611. The number of amides is 1. The number of hydrogen-bond acceptors (Lipinski definition) is 4. The van der Waals surface area contributed by atoms with Gasteiger partial charge in [-0.1, -0.05) is 6.92 Å². The zero-order chi connectivity index (χ0) is 16.9. The summed E-state index contributed by atoms with van der Waals surface area (Å²) < 4.78 is 5.20. The highest BCUT2D eigenvalue weighted by Gasteiger charge is 2.22. The second kappa shape index (κ2) is 7.68. The maximum Gasteiger partial charge on any atom is 0.234 e. The lowest BCUT2D eigenvalue weighted by Gasteiger charge is -2.36. The standard InChI is InChI=1S/C18H29N3O2/c1-5-18(2,3)19-17(22)14-20-10-12-21(13-11-20)15-6-8-16(23-4)9-7-15/h6-9H,5,10-14H2,1-4H3,(H,19,22). The molecule has 1 saturated heterocycles. The Morgan fingerprint density at radius 2 is 1.78 bits per heavy atom. The van der Waals surface area contributed by atoms with Crippen molar-refractivity contribution >= 4 is 11.6 Å². The average molecular weight is 319 g/mol. The van der Waals surface area contributed by atoms with Gasteiger partial charge in [-0.2, -0.15) is 0 Å². The number of carbonyl (C=O) groups excluding carboxylic acids is 1. The lowest BCUT2D eigenvalue weighted by molar-refractivity contribution is -0.123. The maximum atomic E-state index is 12.1. The molecule has 0 aromatic heterocycles. The van der Waals surface area contributed by atoms with E-state index in [0.717, 1.165) is 38.3 Å². The van der Waals surface area contributed by atoms with Crippen LogP contribution in [0.25, 0.3) is 0 Å². The van der Waals surface area contributed by atoms with Crippen LogP contribution in [0.1, 0.15) is 27.2 Å². The molecule has 1 N–H and O–H groups in total. The summed E-state index contributed by atoms with van der Waals surface area (Å²) in [6.45, 7) is 10.4. The number of hydrogen-bond donors (Lipinski definition) is 1. The van der Waals surface area contributed by atoms with Crippen LogP contribution in [-0.2, 0) is 4.79 Å². The SMILES string of the molecule is CCC(C)(C)NC(=O)CN1CCN(c2ccc(OC)cc2)CC1. The number of anilines is 1. The van der Waals surface area contributed by atoms with Crippen molar-refractivity contribution in [1.82, 2.24) is 10.2 Å². The third-order valence-electron chi connectivity index (χ3n) is 4.54. The zero-order valence-electron chi connectivity index (χ0n) is 14.8. The van der Waals surface area contributed by atoms with Gasteiger partial charge in [-0.05, 0) is 44.5 Å². The minimum absolute atomic E-state index is 0.120. The predicted molar refractivity (Wildman–Crippen MR) is 94.2 cm³/mol. The molecule has 5 nitrogen and oxygen atoms in total. The number of carbonyl (C=O) groups is 1. The zero-order valence-corrected chi connectivity index (χ0v) is 14.8. The van der Waals surface area contributed by atoms with Gasteiger partial charge in [-0.15, -0.1) is 0 Å². The summed E-state index contributed by atoms with van der Waals surface area (Å²) in [5.74, 6) is 0.998. The van der Waals surface area contributed by atoms with Crippen molar-refractivity contribution in [2.75, 3.05) is 44.7 Å². The van der Waals surface area contributed by atoms with Gasteiger partial charge in [-0.25, -0.2) is 0 Å². The highest BCUT2D eigenvalue weighted by molar-refractivity contribution is 5.78. The second-order valence-electron chi connectivity index (χ2n) is 6.75. The number of nitrogens with zero attached hydrogens (tertiary/aromatic N) is 2. The third-order valence-corrected chi connectivity index (χ3v) is 4.54. The molecule has 0 bridgehead atoms. The van der Waals surface area contributed by atoms with Gasteiger partial charge < -0.3 is 15.0 Å². The fourth-order valence-electron chi connectivity index (χ4n) is 2.67. The molecule has 5 heteroatoms. The third kappa shape index (κ3) is 5.13. The minimum atomic E-state index is -0.123. The van der Waals surface area contributed by atoms with Gasteiger partial charge >= 0.3 is 0 Å². The van der Waals surface area contributed by atoms with Gasteiger partial charge in [0.1, 0.15) is 5.75 Å². The van der Waals surface area contributed by atoms with E-state index in [1.54, 1.807) is 7.11 Å². The van der Waals surface area contributed by atoms with E-state index in [9.17, 15) is 4.79 Å². The van der Waals surface area contributed by atoms with Crippen molar-refractivity contribution in [3.63, 3.8) is 0 Å². The Labute approximate surface area is 139 Å². The van der Waals surface area contributed by atoms with E-state index in [1.165, 1.54) is 5.69 Å². The molecule has 2 rings (SSSR count). The Morgan fingerprint density at radius 3 is 2.30 bits per heavy atom. The number of benzene rings is 1. The summed E-state index contributed by atoms with van der Waals surface area (Å²) in [4.78, 5) is 16.7. The molecule has 1 aromatic carbocycles. The van der Waals surface area contributed by atoms with Crippen LogP contribution < -0.4 is 15.0 Å². The summed E-state index contributed by atoms with van der Waals surface area (Å²) >= 11 is 0. The molecule has 128 valence electrons. The number of rotatable bonds is 6. The first-order valence-corrected chi connectivity index (χ1v) is 8.36. The Morgan fingerprint density at radius 1 is 1.17 bits per heavy atom. The molecule has 1 heterocycles. The van der Waals surface area contributed by atoms with Crippen LogP contribution in [0, 0.1) is 0 Å². The van der Waals surface area contributed by atoms with Gasteiger partial charge in [-0.3, -0.25) is 9.69 Å². The van der Waals surface area contributed by atoms with Crippen molar-refractivity contribution < 1.29 is 9.53 Å². The predicted octanol–water partition coefficient (Wildman–Crippen LogP) is 2.12. The van der Waals surface area contributed by atoms with Crippen molar-refractivity contribution in [2.45, 2.75) is 32.7 Å². The van der Waals surface area contributed by atoms with E-state index in [2.05, 4.69) is 48.0 Å². The van der Waals surface area contributed by atoms with Crippen LogP contribution in [-0.4, -0.2) is 56.2 Å². The maximum absolute atomic E-state index is 12.1. The molecule has 23 heavy (non-hydrogen) atoms. The summed E-state index contributed by atoms with van der Waals surface area (Å²) in [6.07, 6.45) is 0.935. The van der Waals surface area contributed by atoms with Crippen LogP contribution in [0.15, 0.2) is 24.3 Å². The first-order valence-electron chi connectivity index (χ1n) is 8.36. The van der Waals surface area contributed by atoms with E-state index in [4.69, 9.17) is 4.74 Å². The molecule has 0 atom stereocenters. The molecule has 1 amide bonds. The highest BCUT2D eigenvalue weighted by Crippen LogP contribution is 2.20. The normalized spacial score (nSPS) is 16.3. The van der Waals surface area contributed by atoms with Gasteiger partial charge in [0.05, 0.1) is 13.7 Å². The molecule has 0 aliphatic carbocycles. The number of piperazine rings is 1. The number of ether oxygens (including phenoxy) is 1. The molecule has 0 radical (unpaired) electrons. The van der Waals surface area contributed by atoms with Gasteiger partial charge in [0.25, 0.3) is 0 Å². The summed E-state index contributed by atoms with van der Waals surface area (Å²) in [5.41, 5.74) is 1.09. The monoisotopic (exact) mass is 319 g/mol. The average Bonchev–Trinajstić information content (AvgIpc) is 2.55. The van der Waals surface area contributed by atoms with Gasteiger partial charge in [0.15, 0.2) is 0 Å². The molecule has 1 aromatic rings. The summed E-state index contributed by atoms with van der Waals surface area (Å²) in [5, 5.41) is 3.10.